The molecule has 0 bridgehead atoms. The Kier molecular flexibility index (Phi) is 3.97. The van der Waals surface area contributed by atoms with Gasteiger partial charge in [-0.3, -0.25) is 0 Å². The number of sulfonamides is 1. The lowest BCUT2D eigenvalue weighted by Gasteiger charge is -2.30. The van der Waals surface area contributed by atoms with E-state index in [1.165, 1.54) is 0 Å². The minimum absolute atomic E-state index is 0.0461. The number of nitrogens with one attached hydrogen (secondary N) is 2. The first-order valence-corrected chi connectivity index (χ1v) is 8.79. The molecule has 5 heteroatoms. The van der Waals surface area contributed by atoms with Gasteiger partial charge in [0.1, 0.15) is 0 Å². The molecule has 1 fully saturated rings. The van der Waals surface area contributed by atoms with E-state index < -0.39 is 10.0 Å². The molecular formula is C16H20N2O2S. The SMILES string of the molecule is CC1NCCCC1NS(=O)(=O)c1ccc2ccccc2c1. The zero-order chi connectivity index (χ0) is 14.9. The number of hydrogen-bond acceptors (Lipinski definition) is 3. The Morgan fingerprint density at radius 2 is 1.90 bits per heavy atom. The summed E-state index contributed by atoms with van der Waals surface area (Å²) in [6, 6.07) is 13.1. The van der Waals surface area contributed by atoms with Gasteiger partial charge in [-0.25, -0.2) is 13.1 Å². The van der Waals surface area contributed by atoms with Crippen LogP contribution in [-0.2, 0) is 10.0 Å². The van der Waals surface area contributed by atoms with E-state index >= 15 is 0 Å². The molecule has 2 unspecified atom stereocenters. The van der Waals surface area contributed by atoms with Gasteiger partial charge in [-0.2, -0.15) is 0 Å². The van der Waals surface area contributed by atoms with Gasteiger partial charge < -0.3 is 5.32 Å². The van der Waals surface area contributed by atoms with E-state index in [9.17, 15) is 8.42 Å². The molecule has 0 aromatic heterocycles. The Bertz CT molecular complexity index is 743. The Morgan fingerprint density at radius 1 is 1.14 bits per heavy atom. The normalized spacial score (nSPS) is 23.3. The number of fused-ring (bicyclic) bond motifs is 1. The Labute approximate surface area is 125 Å². The molecule has 1 aliphatic rings. The van der Waals surface area contributed by atoms with Crippen LogP contribution in [0.4, 0.5) is 0 Å². The van der Waals surface area contributed by atoms with Crippen molar-refractivity contribution in [3.63, 3.8) is 0 Å². The Balaban J connectivity index is 1.88. The fourth-order valence-corrected chi connectivity index (χ4v) is 4.19. The molecule has 4 nitrogen and oxygen atoms in total. The second-order valence-electron chi connectivity index (χ2n) is 5.62. The van der Waals surface area contributed by atoms with Crippen molar-refractivity contribution in [3.05, 3.63) is 42.5 Å². The lowest BCUT2D eigenvalue weighted by molar-refractivity contribution is 0.349. The van der Waals surface area contributed by atoms with Crippen LogP contribution < -0.4 is 10.0 Å². The van der Waals surface area contributed by atoms with E-state index in [0.717, 1.165) is 30.2 Å². The molecule has 0 amide bonds. The van der Waals surface area contributed by atoms with Crippen LogP contribution in [0.3, 0.4) is 0 Å². The lowest BCUT2D eigenvalue weighted by atomic mass is 10.0. The molecule has 21 heavy (non-hydrogen) atoms. The van der Waals surface area contributed by atoms with Gasteiger partial charge >= 0.3 is 0 Å². The van der Waals surface area contributed by atoms with Crippen molar-refractivity contribution >= 4 is 20.8 Å². The van der Waals surface area contributed by atoms with Gasteiger partial charge in [0.15, 0.2) is 0 Å². The van der Waals surface area contributed by atoms with Crippen molar-refractivity contribution in [3.8, 4) is 0 Å². The fourth-order valence-electron chi connectivity index (χ4n) is 2.81. The van der Waals surface area contributed by atoms with Crippen LogP contribution in [0.2, 0.25) is 0 Å². The minimum atomic E-state index is -3.47. The van der Waals surface area contributed by atoms with Gasteiger partial charge in [0.25, 0.3) is 0 Å². The summed E-state index contributed by atoms with van der Waals surface area (Å²) >= 11 is 0. The third kappa shape index (κ3) is 3.10. The van der Waals surface area contributed by atoms with Gasteiger partial charge in [-0.1, -0.05) is 30.3 Å². The summed E-state index contributed by atoms with van der Waals surface area (Å²) in [7, 11) is -3.47. The second-order valence-corrected chi connectivity index (χ2v) is 7.34. The smallest absolute Gasteiger partial charge is 0.240 e. The molecule has 0 spiro atoms. The van der Waals surface area contributed by atoms with E-state index in [0.29, 0.717) is 4.90 Å². The lowest BCUT2D eigenvalue weighted by Crippen LogP contribution is -2.51. The molecule has 1 heterocycles. The largest absolute Gasteiger partial charge is 0.313 e. The van der Waals surface area contributed by atoms with Crippen LogP contribution in [0.5, 0.6) is 0 Å². The van der Waals surface area contributed by atoms with Crippen molar-refractivity contribution in [2.24, 2.45) is 0 Å². The third-order valence-electron chi connectivity index (χ3n) is 4.10. The van der Waals surface area contributed by atoms with E-state index in [2.05, 4.69) is 10.0 Å². The maximum atomic E-state index is 12.6. The summed E-state index contributed by atoms with van der Waals surface area (Å²) in [6.45, 7) is 2.97. The van der Waals surface area contributed by atoms with Crippen molar-refractivity contribution in [1.29, 1.82) is 0 Å². The standard InChI is InChI=1S/C16H20N2O2S/c1-12-16(7-4-10-17-12)18-21(19,20)15-9-8-13-5-2-3-6-14(13)11-15/h2-3,5-6,8-9,11-12,16-18H,4,7,10H2,1H3. The first kappa shape index (κ1) is 14.5. The van der Waals surface area contributed by atoms with Gasteiger partial charge in [-0.15, -0.1) is 0 Å². The molecule has 2 aromatic carbocycles. The average molecular weight is 304 g/mol. The van der Waals surface area contributed by atoms with Gasteiger partial charge in [0, 0.05) is 12.1 Å². The molecule has 2 N–H and O–H groups in total. The van der Waals surface area contributed by atoms with Crippen molar-refractivity contribution in [2.75, 3.05) is 6.54 Å². The fraction of sp³-hybridized carbons (Fsp3) is 0.375. The van der Waals surface area contributed by atoms with Gasteiger partial charge in [-0.05, 0) is 49.2 Å². The predicted octanol–water partition coefficient (Wildman–Crippen LogP) is 2.26. The Hall–Kier alpha value is -1.43. The highest BCUT2D eigenvalue weighted by Crippen LogP contribution is 2.20. The summed E-state index contributed by atoms with van der Waals surface area (Å²) in [5.74, 6) is 0. The maximum Gasteiger partial charge on any atom is 0.240 e. The average Bonchev–Trinajstić information content (AvgIpc) is 2.49. The number of piperidine rings is 1. The highest BCUT2D eigenvalue weighted by molar-refractivity contribution is 7.89. The van der Waals surface area contributed by atoms with Crippen LogP contribution in [0.25, 0.3) is 10.8 Å². The molecule has 0 saturated carbocycles. The summed E-state index contributed by atoms with van der Waals surface area (Å²) in [4.78, 5) is 0.332. The van der Waals surface area contributed by atoms with Gasteiger partial charge in [0.2, 0.25) is 10.0 Å². The topological polar surface area (TPSA) is 58.2 Å². The van der Waals surface area contributed by atoms with Crippen molar-refractivity contribution < 1.29 is 8.42 Å². The van der Waals surface area contributed by atoms with Crippen molar-refractivity contribution in [1.82, 2.24) is 10.0 Å². The zero-order valence-corrected chi connectivity index (χ0v) is 12.9. The Morgan fingerprint density at radius 3 is 2.67 bits per heavy atom. The maximum absolute atomic E-state index is 12.6. The van der Waals surface area contributed by atoms with E-state index in [1.807, 2.05) is 37.3 Å². The molecular weight excluding hydrogens is 284 g/mol. The molecule has 0 radical (unpaired) electrons. The van der Waals surface area contributed by atoms with E-state index in [-0.39, 0.29) is 12.1 Å². The van der Waals surface area contributed by atoms with Crippen LogP contribution >= 0.6 is 0 Å². The van der Waals surface area contributed by atoms with E-state index in [1.54, 1.807) is 12.1 Å². The molecule has 2 atom stereocenters. The van der Waals surface area contributed by atoms with Crippen molar-refractivity contribution in [2.45, 2.75) is 36.7 Å². The van der Waals surface area contributed by atoms with Crippen LogP contribution in [0.15, 0.2) is 47.4 Å². The summed E-state index contributed by atoms with van der Waals surface area (Å²) in [5.41, 5.74) is 0. The first-order valence-electron chi connectivity index (χ1n) is 7.31. The quantitative estimate of drug-likeness (QED) is 0.914. The third-order valence-corrected chi connectivity index (χ3v) is 5.59. The summed E-state index contributed by atoms with van der Waals surface area (Å²) in [6.07, 6.45) is 1.87. The van der Waals surface area contributed by atoms with Crippen LogP contribution in [0, 0.1) is 0 Å². The van der Waals surface area contributed by atoms with E-state index in [4.69, 9.17) is 0 Å². The molecule has 0 aliphatic carbocycles. The molecule has 1 aliphatic heterocycles. The number of rotatable bonds is 3. The first-order chi connectivity index (χ1) is 10.1. The summed E-state index contributed by atoms with van der Waals surface area (Å²) in [5, 5.41) is 5.29. The minimum Gasteiger partial charge on any atom is -0.313 e. The number of hydrogen-bond donors (Lipinski definition) is 2. The zero-order valence-electron chi connectivity index (χ0n) is 12.0. The highest BCUT2D eigenvalue weighted by atomic mass is 32.2. The summed E-state index contributed by atoms with van der Waals surface area (Å²) < 4.78 is 27.9. The molecule has 2 aromatic rings. The highest BCUT2D eigenvalue weighted by Gasteiger charge is 2.26. The molecule has 3 rings (SSSR count). The number of benzene rings is 2. The molecule has 112 valence electrons. The predicted molar refractivity (Wildman–Crippen MR) is 84.8 cm³/mol. The second kappa shape index (κ2) is 5.75. The van der Waals surface area contributed by atoms with Crippen LogP contribution in [-0.4, -0.2) is 27.0 Å². The monoisotopic (exact) mass is 304 g/mol. The molecule has 1 saturated heterocycles. The van der Waals surface area contributed by atoms with Crippen LogP contribution in [0.1, 0.15) is 19.8 Å². The van der Waals surface area contributed by atoms with Gasteiger partial charge in [0.05, 0.1) is 4.90 Å².